The first kappa shape index (κ1) is 20.7. The maximum atomic E-state index is 12.8. The molecule has 2 heterocycles. The Bertz CT molecular complexity index is 1330. The second kappa shape index (κ2) is 8.63. The van der Waals surface area contributed by atoms with Crippen molar-refractivity contribution in [1.29, 1.82) is 0 Å². The van der Waals surface area contributed by atoms with Crippen molar-refractivity contribution < 1.29 is 9.47 Å². The quantitative estimate of drug-likeness (QED) is 0.423. The van der Waals surface area contributed by atoms with Crippen LogP contribution in [0.3, 0.4) is 0 Å². The highest BCUT2D eigenvalue weighted by Gasteiger charge is 2.15. The van der Waals surface area contributed by atoms with Gasteiger partial charge in [0, 0.05) is 10.6 Å². The SMILES string of the molecule is CCOc1ccc(/C=c2\sc3nc(-c4ccc(Cl)cc4Cl)nn3c2=O)cc1OCC. The number of halogens is 2. The van der Waals surface area contributed by atoms with Crippen LogP contribution in [0.2, 0.25) is 10.0 Å². The molecule has 0 bridgehead atoms. The van der Waals surface area contributed by atoms with Gasteiger partial charge in [-0.3, -0.25) is 4.79 Å². The Hall–Kier alpha value is -2.61. The van der Waals surface area contributed by atoms with Gasteiger partial charge in [-0.05, 0) is 55.8 Å². The lowest BCUT2D eigenvalue weighted by atomic mass is 10.2. The Morgan fingerprint density at radius 2 is 1.83 bits per heavy atom. The summed E-state index contributed by atoms with van der Waals surface area (Å²) in [7, 11) is 0. The van der Waals surface area contributed by atoms with Crippen molar-refractivity contribution in [1.82, 2.24) is 14.6 Å². The average Bonchev–Trinajstić information content (AvgIpc) is 3.24. The zero-order chi connectivity index (χ0) is 21.3. The van der Waals surface area contributed by atoms with Crippen LogP contribution in [0.5, 0.6) is 11.5 Å². The normalized spacial score (nSPS) is 11.9. The van der Waals surface area contributed by atoms with E-state index in [1.165, 1.54) is 15.9 Å². The molecule has 0 saturated heterocycles. The molecule has 0 radical (unpaired) electrons. The van der Waals surface area contributed by atoms with E-state index in [9.17, 15) is 4.79 Å². The van der Waals surface area contributed by atoms with Crippen LogP contribution in [-0.2, 0) is 0 Å². The molecule has 0 amide bonds. The summed E-state index contributed by atoms with van der Waals surface area (Å²) in [5.74, 6) is 1.69. The van der Waals surface area contributed by atoms with Crippen LogP contribution in [0, 0.1) is 0 Å². The summed E-state index contributed by atoms with van der Waals surface area (Å²) >= 11 is 13.4. The van der Waals surface area contributed by atoms with Gasteiger partial charge in [-0.1, -0.05) is 40.6 Å². The number of thiazole rings is 1. The Morgan fingerprint density at radius 3 is 2.53 bits per heavy atom. The van der Waals surface area contributed by atoms with Crippen molar-refractivity contribution in [2.45, 2.75) is 13.8 Å². The fraction of sp³-hybridized carbons (Fsp3) is 0.190. The van der Waals surface area contributed by atoms with Gasteiger partial charge in [-0.2, -0.15) is 9.50 Å². The highest BCUT2D eigenvalue weighted by atomic mass is 35.5. The van der Waals surface area contributed by atoms with Crippen molar-refractivity contribution in [3.05, 3.63) is 66.9 Å². The van der Waals surface area contributed by atoms with E-state index >= 15 is 0 Å². The van der Waals surface area contributed by atoms with Gasteiger partial charge in [0.15, 0.2) is 17.3 Å². The molecule has 9 heteroatoms. The Balaban J connectivity index is 1.74. The minimum atomic E-state index is -0.245. The highest BCUT2D eigenvalue weighted by Crippen LogP contribution is 2.30. The lowest BCUT2D eigenvalue weighted by molar-refractivity contribution is 0.287. The number of nitrogens with zero attached hydrogens (tertiary/aromatic N) is 3. The smallest absolute Gasteiger partial charge is 0.291 e. The van der Waals surface area contributed by atoms with Gasteiger partial charge in [-0.25, -0.2) is 0 Å². The average molecular weight is 462 g/mol. The number of rotatable bonds is 6. The first-order chi connectivity index (χ1) is 14.5. The second-order valence-corrected chi connectivity index (χ2v) is 8.09. The molecule has 0 aliphatic heterocycles. The van der Waals surface area contributed by atoms with E-state index in [1.807, 2.05) is 32.0 Å². The van der Waals surface area contributed by atoms with Crippen LogP contribution in [0.25, 0.3) is 22.4 Å². The van der Waals surface area contributed by atoms with Gasteiger partial charge in [0.1, 0.15) is 0 Å². The molecule has 2 aromatic carbocycles. The third-order valence-corrected chi connectivity index (χ3v) is 5.73. The van der Waals surface area contributed by atoms with Crippen molar-refractivity contribution in [3.8, 4) is 22.9 Å². The molecule has 0 aliphatic rings. The molecule has 4 aromatic rings. The summed E-state index contributed by atoms with van der Waals surface area (Å²) in [6.45, 7) is 4.89. The van der Waals surface area contributed by atoms with Gasteiger partial charge in [0.25, 0.3) is 5.56 Å². The van der Waals surface area contributed by atoms with E-state index in [2.05, 4.69) is 10.1 Å². The molecule has 0 fully saturated rings. The van der Waals surface area contributed by atoms with E-state index in [-0.39, 0.29) is 5.56 Å². The molecule has 154 valence electrons. The third-order valence-electron chi connectivity index (χ3n) is 4.22. The summed E-state index contributed by atoms with van der Waals surface area (Å²) < 4.78 is 13.0. The van der Waals surface area contributed by atoms with E-state index in [0.29, 0.717) is 55.6 Å². The molecular weight excluding hydrogens is 445 g/mol. The van der Waals surface area contributed by atoms with E-state index < -0.39 is 0 Å². The summed E-state index contributed by atoms with van der Waals surface area (Å²) in [6.07, 6.45) is 1.79. The van der Waals surface area contributed by atoms with Gasteiger partial charge >= 0.3 is 0 Å². The molecule has 0 aliphatic carbocycles. The van der Waals surface area contributed by atoms with Crippen LogP contribution >= 0.6 is 34.5 Å². The Morgan fingerprint density at radius 1 is 1.07 bits per heavy atom. The topological polar surface area (TPSA) is 65.7 Å². The van der Waals surface area contributed by atoms with Crippen LogP contribution in [0.15, 0.2) is 41.2 Å². The number of ether oxygens (including phenoxy) is 2. The van der Waals surface area contributed by atoms with Crippen molar-refractivity contribution in [2.24, 2.45) is 0 Å². The van der Waals surface area contributed by atoms with Crippen LogP contribution in [0.4, 0.5) is 0 Å². The van der Waals surface area contributed by atoms with Crippen LogP contribution < -0.4 is 19.6 Å². The monoisotopic (exact) mass is 461 g/mol. The van der Waals surface area contributed by atoms with Gasteiger partial charge in [0.2, 0.25) is 4.96 Å². The first-order valence-electron chi connectivity index (χ1n) is 9.26. The van der Waals surface area contributed by atoms with Crippen molar-refractivity contribution >= 4 is 45.6 Å². The van der Waals surface area contributed by atoms with Gasteiger partial charge in [-0.15, -0.1) is 5.10 Å². The second-order valence-electron chi connectivity index (χ2n) is 6.24. The Kier molecular flexibility index (Phi) is 5.94. The van der Waals surface area contributed by atoms with E-state index in [4.69, 9.17) is 32.7 Å². The summed E-state index contributed by atoms with van der Waals surface area (Å²) in [5.41, 5.74) is 1.20. The molecule has 0 saturated carbocycles. The molecule has 0 atom stereocenters. The molecule has 0 unspecified atom stereocenters. The molecule has 2 aromatic heterocycles. The summed E-state index contributed by atoms with van der Waals surface area (Å²) in [5, 5.41) is 5.28. The molecule has 0 N–H and O–H groups in total. The zero-order valence-electron chi connectivity index (χ0n) is 16.2. The summed E-state index contributed by atoms with van der Waals surface area (Å²) in [6, 6.07) is 10.6. The number of hydrogen-bond acceptors (Lipinski definition) is 6. The van der Waals surface area contributed by atoms with Gasteiger partial charge in [0.05, 0.1) is 22.8 Å². The largest absolute Gasteiger partial charge is 0.490 e. The first-order valence-corrected chi connectivity index (χ1v) is 10.8. The number of fused-ring (bicyclic) bond motifs is 1. The maximum Gasteiger partial charge on any atom is 0.291 e. The number of benzene rings is 2. The van der Waals surface area contributed by atoms with Crippen LogP contribution in [0.1, 0.15) is 19.4 Å². The predicted octanol–water partition coefficient (Wildman–Crippen LogP) is 4.47. The van der Waals surface area contributed by atoms with E-state index in [1.54, 1.807) is 24.3 Å². The fourth-order valence-corrected chi connectivity index (χ4v) is 4.33. The summed E-state index contributed by atoms with van der Waals surface area (Å²) in [4.78, 5) is 17.8. The molecule has 6 nitrogen and oxygen atoms in total. The van der Waals surface area contributed by atoms with Crippen molar-refractivity contribution in [2.75, 3.05) is 13.2 Å². The Labute approximate surface area is 186 Å². The standard InChI is InChI=1S/C21H17Cl2N3O3S/c1-3-28-16-8-5-12(9-17(16)29-4-2)10-18-20(27)26-21(30-18)24-19(25-26)14-7-6-13(22)11-15(14)23/h5-11H,3-4H2,1-2H3/b18-10-. The molecule has 0 spiro atoms. The molecule has 4 rings (SSSR count). The highest BCUT2D eigenvalue weighted by molar-refractivity contribution is 7.15. The van der Waals surface area contributed by atoms with Crippen LogP contribution in [-0.4, -0.2) is 27.8 Å². The lowest BCUT2D eigenvalue weighted by Gasteiger charge is -2.11. The number of aromatic nitrogens is 3. The van der Waals surface area contributed by atoms with E-state index in [0.717, 1.165) is 5.56 Å². The minimum Gasteiger partial charge on any atom is -0.490 e. The molecule has 30 heavy (non-hydrogen) atoms. The zero-order valence-corrected chi connectivity index (χ0v) is 18.5. The minimum absolute atomic E-state index is 0.245. The van der Waals surface area contributed by atoms with Gasteiger partial charge < -0.3 is 9.47 Å². The van der Waals surface area contributed by atoms with Crippen molar-refractivity contribution in [3.63, 3.8) is 0 Å². The lowest BCUT2D eigenvalue weighted by Crippen LogP contribution is -2.23. The third kappa shape index (κ3) is 4.01. The maximum absolute atomic E-state index is 12.8. The number of hydrogen-bond donors (Lipinski definition) is 0. The fourth-order valence-electron chi connectivity index (χ4n) is 2.93. The molecular formula is C21H17Cl2N3O3S. The predicted molar refractivity (Wildman–Crippen MR) is 120 cm³/mol.